The van der Waals surface area contributed by atoms with E-state index in [2.05, 4.69) is 31.3 Å². The van der Waals surface area contributed by atoms with Crippen LogP contribution in [0, 0.1) is 0 Å². The van der Waals surface area contributed by atoms with Crippen LogP contribution in [0.2, 0.25) is 5.02 Å². The molecule has 214 valence electrons. The van der Waals surface area contributed by atoms with Crippen molar-refractivity contribution < 1.29 is 14.4 Å². The number of amides is 4. The van der Waals surface area contributed by atoms with E-state index in [1.807, 2.05) is 55.4 Å². The van der Waals surface area contributed by atoms with Gasteiger partial charge in [0.1, 0.15) is 17.3 Å². The zero-order valence-corrected chi connectivity index (χ0v) is 23.6. The Balaban J connectivity index is 1.34. The van der Waals surface area contributed by atoms with Crippen molar-refractivity contribution in [1.82, 2.24) is 35.0 Å². The molecule has 0 saturated carbocycles. The van der Waals surface area contributed by atoms with Crippen molar-refractivity contribution in [2.45, 2.75) is 12.5 Å². The molecule has 4 amide bonds. The zero-order chi connectivity index (χ0) is 29.4. The number of carbonyl (C=O) groups excluding carboxylic acids is 3. The molecule has 0 aliphatic carbocycles. The Morgan fingerprint density at radius 1 is 1.07 bits per heavy atom. The van der Waals surface area contributed by atoms with Gasteiger partial charge in [0.2, 0.25) is 0 Å². The van der Waals surface area contributed by atoms with Gasteiger partial charge in [0.15, 0.2) is 5.65 Å². The lowest BCUT2D eigenvalue weighted by molar-refractivity contribution is -0.115. The van der Waals surface area contributed by atoms with Gasteiger partial charge in [0.25, 0.3) is 11.8 Å². The molecule has 1 atom stereocenters. The summed E-state index contributed by atoms with van der Waals surface area (Å²) in [5.41, 5.74) is 3.00. The van der Waals surface area contributed by atoms with Gasteiger partial charge in [0.05, 0.1) is 6.20 Å². The van der Waals surface area contributed by atoms with Crippen molar-refractivity contribution in [2.24, 2.45) is 0 Å². The highest BCUT2D eigenvalue weighted by Gasteiger charge is 2.28. The number of hydrogen-bond acceptors (Lipinski definition) is 8. The van der Waals surface area contributed by atoms with E-state index in [4.69, 9.17) is 16.6 Å². The Morgan fingerprint density at radius 2 is 1.86 bits per heavy atom. The van der Waals surface area contributed by atoms with Crippen molar-refractivity contribution in [3.8, 4) is 0 Å². The van der Waals surface area contributed by atoms with Crippen LogP contribution >= 0.6 is 11.6 Å². The van der Waals surface area contributed by atoms with Crippen LogP contribution in [0.1, 0.15) is 22.3 Å². The summed E-state index contributed by atoms with van der Waals surface area (Å²) in [6, 6.07) is 16.1. The number of hydrogen-bond donors (Lipinski definition) is 4. The molecule has 2 saturated heterocycles. The standard InChI is InChI=1S/C29H28ClN9O3/c1-37(2)22-9-10-38(16-22)28(41)17-5-3-7-20(11-17)33-25-14-24(32-21-8-4-6-19(30)13-21)35-26-18(15-31-39(25)26)12-23-27(40)36-29(42)34-23/h3-8,11-15,22,33H,9-10,16H2,1-2H3,(H,32,35)(H2,34,36,40,42). The zero-order valence-electron chi connectivity index (χ0n) is 22.9. The van der Waals surface area contributed by atoms with Crippen molar-refractivity contribution >= 4 is 64.2 Å². The molecule has 4 heterocycles. The van der Waals surface area contributed by atoms with Gasteiger partial charge in [-0.3, -0.25) is 14.9 Å². The second-order valence-electron chi connectivity index (χ2n) is 10.3. The summed E-state index contributed by atoms with van der Waals surface area (Å²) in [6.07, 6.45) is 4.01. The van der Waals surface area contributed by atoms with Gasteiger partial charge in [0, 0.05) is 52.7 Å². The molecule has 4 N–H and O–H groups in total. The number of halogens is 1. The summed E-state index contributed by atoms with van der Waals surface area (Å²) in [4.78, 5) is 45.8. The molecule has 4 aromatic rings. The number of likely N-dealkylation sites (N-methyl/N-ethyl adjacent to an activating group) is 1. The minimum absolute atomic E-state index is 0.0175. The van der Waals surface area contributed by atoms with Gasteiger partial charge in [-0.05, 0) is 63.0 Å². The lowest BCUT2D eigenvalue weighted by Crippen LogP contribution is -2.34. The number of rotatable bonds is 7. The minimum Gasteiger partial charge on any atom is -0.340 e. The molecule has 2 aromatic heterocycles. The Labute approximate surface area is 246 Å². The van der Waals surface area contributed by atoms with Crippen LogP contribution in [-0.4, -0.2) is 75.5 Å². The van der Waals surface area contributed by atoms with E-state index in [9.17, 15) is 14.4 Å². The fraction of sp³-hybridized carbons (Fsp3) is 0.207. The molecule has 0 radical (unpaired) electrons. The monoisotopic (exact) mass is 585 g/mol. The summed E-state index contributed by atoms with van der Waals surface area (Å²) >= 11 is 6.18. The van der Waals surface area contributed by atoms with Crippen molar-refractivity contribution in [3.63, 3.8) is 0 Å². The van der Waals surface area contributed by atoms with Crippen LogP contribution in [0.3, 0.4) is 0 Å². The van der Waals surface area contributed by atoms with Crippen LogP contribution < -0.4 is 21.3 Å². The maximum atomic E-state index is 13.3. The van der Waals surface area contributed by atoms with Crippen LogP contribution in [0.5, 0.6) is 0 Å². The molecule has 12 nitrogen and oxygen atoms in total. The molecule has 13 heteroatoms. The van der Waals surface area contributed by atoms with E-state index < -0.39 is 11.9 Å². The number of fused-ring (bicyclic) bond motifs is 1. The maximum Gasteiger partial charge on any atom is 0.326 e. The molecule has 2 aromatic carbocycles. The van der Waals surface area contributed by atoms with E-state index in [0.717, 1.165) is 12.1 Å². The number of benzene rings is 2. The Kier molecular flexibility index (Phi) is 7.23. The molecule has 2 fully saturated rings. The van der Waals surface area contributed by atoms with E-state index in [0.29, 0.717) is 58.3 Å². The van der Waals surface area contributed by atoms with Gasteiger partial charge in [-0.1, -0.05) is 23.7 Å². The van der Waals surface area contributed by atoms with Crippen LogP contribution in [-0.2, 0) is 4.79 Å². The Bertz CT molecular complexity index is 1750. The van der Waals surface area contributed by atoms with Gasteiger partial charge >= 0.3 is 6.03 Å². The maximum absolute atomic E-state index is 13.3. The number of urea groups is 1. The fourth-order valence-corrected chi connectivity index (χ4v) is 5.19. The summed E-state index contributed by atoms with van der Waals surface area (Å²) in [5.74, 6) is 0.470. The molecule has 2 aliphatic rings. The molecule has 0 bridgehead atoms. The number of carbonyl (C=O) groups is 3. The minimum atomic E-state index is -0.595. The largest absolute Gasteiger partial charge is 0.340 e. The van der Waals surface area contributed by atoms with Crippen LogP contribution in [0.15, 0.2) is 66.5 Å². The first-order valence-corrected chi connectivity index (χ1v) is 13.7. The average Bonchev–Trinajstić information content (AvgIpc) is 3.68. The number of anilines is 4. The first-order valence-electron chi connectivity index (χ1n) is 13.3. The Hall–Kier alpha value is -4.94. The predicted octanol–water partition coefficient (Wildman–Crippen LogP) is 3.83. The van der Waals surface area contributed by atoms with Crippen LogP contribution in [0.4, 0.5) is 27.8 Å². The summed E-state index contributed by atoms with van der Waals surface area (Å²) in [5, 5.41) is 16.3. The Morgan fingerprint density at radius 3 is 2.57 bits per heavy atom. The van der Waals surface area contributed by atoms with E-state index in [-0.39, 0.29) is 11.6 Å². The summed E-state index contributed by atoms with van der Waals surface area (Å²) < 4.78 is 1.58. The number of aromatic nitrogens is 3. The van der Waals surface area contributed by atoms with E-state index in [1.54, 1.807) is 28.9 Å². The quantitative estimate of drug-likeness (QED) is 0.190. The topological polar surface area (TPSA) is 136 Å². The van der Waals surface area contributed by atoms with Gasteiger partial charge in [-0.2, -0.15) is 9.61 Å². The summed E-state index contributed by atoms with van der Waals surface area (Å²) in [6.45, 7) is 1.41. The van der Waals surface area contributed by atoms with Crippen LogP contribution in [0.25, 0.3) is 11.7 Å². The third kappa shape index (κ3) is 5.62. The molecule has 1 unspecified atom stereocenters. The van der Waals surface area contributed by atoms with Crippen molar-refractivity contribution in [3.05, 3.63) is 82.6 Å². The number of likely N-dealkylation sites (tertiary alicyclic amines) is 1. The number of nitrogens with zero attached hydrogens (tertiary/aromatic N) is 5. The highest BCUT2D eigenvalue weighted by Crippen LogP contribution is 2.27. The third-order valence-electron chi connectivity index (χ3n) is 7.18. The normalized spacial score (nSPS) is 17.7. The highest BCUT2D eigenvalue weighted by atomic mass is 35.5. The lowest BCUT2D eigenvalue weighted by atomic mass is 10.1. The van der Waals surface area contributed by atoms with E-state index in [1.165, 1.54) is 6.08 Å². The van der Waals surface area contributed by atoms with Crippen molar-refractivity contribution in [2.75, 3.05) is 37.8 Å². The van der Waals surface area contributed by atoms with Gasteiger partial charge in [-0.25, -0.2) is 9.78 Å². The molecule has 6 rings (SSSR count). The van der Waals surface area contributed by atoms with Gasteiger partial charge in [-0.15, -0.1) is 0 Å². The molecular weight excluding hydrogens is 558 g/mol. The highest BCUT2D eigenvalue weighted by molar-refractivity contribution is 6.30. The third-order valence-corrected chi connectivity index (χ3v) is 7.41. The van der Waals surface area contributed by atoms with Crippen molar-refractivity contribution in [1.29, 1.82) is 0 Å². The number of imide groups is 1. The van der Waals surface area contributed by atoms with Gasteiger partial charge < -0.3 is 25.8 Å². The van der Waals surface area contributed by atoms with E-state index >= 15 is 0 Å². The first-order chi connectivity index (χ1) is 20.2. The molecule has 42 heavy (non-hydrogen) atoms. The lowest BCUT2D eigenvalue weighted by Gasteiger charge is -2.20. The SMILES string of the molecule is CN(C)C1CCN(C(=O)c2cccc(Nc3cc(Nc4cccc(Cl)c4)nc4c(C=C5NC(=O)NC5=O)cnn34)c2)C1. The number of nitrogens with one attached hydrogen (secondary N) is 4. The first kappa shape index (κ1) is 27.2. The average molecular weight is 586 g/mol. The molecular formula is C29H28ClN9O3. The fourth-order valence-electron chi connectivity index (χ4n) is 4.99. The summed E-state index contributed by atoms with van der Waals surface area (Å²) in [7, 11) is 4.06. The molecule has 2 aliphatic heterocycles. The smallest absolute Gasteiger partial charge is 0.326 e. The second kappa shape index (κ2) is 11.1. The molecule has 0 spiro atoms. The second-order valence-corrected chi connectivity index (χ2v) is 10.8. The predicted molar refractivity (Wildman–Crippen MR) is 160 cm³/mol.